The number of carbonyl (C=O) groups is 2. The molecule has 4 nitrogen and oxygen atoms in total. The molecule has 1 aromatic rings. The summed E-state index contributed by atoms with van der Waals surface area (Å²) >= 11 is 3.46. The van der Waals surface area contributed by atoms with Crippen molar-refractivity contribution in [3.63, 3.8) is 0 Å². The van der Waals surface area contributed by atoms with Crippen molar-refractivity contribution < 1.29 is 14.3 Å². The molecule has 124 valence electrons. The summed E-state index contributed by atoms with van der Waals surface area (Å²) in [6.07, 6.45) is 1.26. The van der Waals surface area contributed by atoms with E-state index >= 15 is 0 Å². The van der Waals surface area contributed by atoms with Crippen LogP contribution in [0.25, 0.3) is 0 Å². The van der Waals surface area contributed by atoms with Crippen LogP contribution in [0.15, 0.2) is 16.6 Å². The molecule has 0 aromatic heterocycles. The van der Waals surface area contributed by atoms with Gasteiger partial charge in [0.05, 0.1) is 5.41 Å². The number of anilines is 1. The lowest BCUT2D eigenvalue weighted by Gasteiger charge is -2.35. The maximum atomic E-state index is 13.1. The second-order valence-corrected chi connectivity index (χ2v) is 8.46. The quantitative estimate of drug-likeness (QED) is 0.785. The van der Waals surface area contributed by atoms with Gasteiger partial charge < -0.3 is 10.1 Å². The number of halogens is 1. The van der Waals surface area contributed by atoms with Crippen LogP contribution in [0.5, 0.6) is 0 Å². The Bertz CT molecular complexity index is 704. The van der Waals surface area contributed by atoms with Crippen molar-refractivity contribution in [1.29, 1.82) is 0 Å². The van der Waals surface area contributed by atoms with E-state index in [1.54, 1.807) is 0 Å². The van der Waals surface area contributed by atoms with Crippen molar-refractivity contribution in [2.45, 2.75) is 53.1 Å². The molecule has 2 atom stereocenters. The number of esters is 1. The van der Waals surface area contributed by atoms with Gasteiger partial charge >= 0.3 is 5.97 Å². The van der Waals surface area contributed by atoms with E-state index in [1.807, 2.05) is 46.8 Å². The minimum absolute atomic E-state index is 0.217. The molecular formula is C18H22BrNO3. The summed E-state index contributed by atoms with van der Waals surface area (Å²) in [6.45, 7) is 9.75. The summed E-state index contributed by atoms with van der Waals surface area (Å²) in [5.74, 6) is -0.473. The lowest BCUT2D eigenvalue weighted by Crippen LogP contribution is -2.50. The normalized spacial score (nSPS) is 31.1. The van der Waals surface area contributed by atoms with E-state index in [-0.39, 0.29) is 11.9 Å². The van der Waals surface area contributed by atoms with Crippen LogP contribution in [0, 0.1) is 24.7 Å². The molecule has 1 heterocycles. The van der Waals surface area contributed by atoms with Crippen molar-refractivity contribution >= 4 is 33.5 Å². The second-order valence-electron chi connectivity index (χ2n) is 7.54. The molecule has 0 spiro atoms. The van der Waals surface area contributed by atoms with Crippen LogP contribution in [0.4, 0.5) is 5.69 Å². The number of benzene rings is 1. The largest absolute Gasteiger partial charge is 0.448 e. The van der Waals surface area contributed by atoms with Crippen LogP contribution >= 0.6 is 15.9 Å². The van der Waals surface area contributed by atoms with E-state index in [0.717, 1.165) is 21.3 Å². The Balaban J connectivity index is 1.98. The molecule has 3 rings (SSSR count). The molecule has 1 saturated carbocycles. The molecule has 1 amide bonds. The summed E-state index contributed by atoms with van der Waals surface area (Å²) in [4.78, 5) is 25.4. The predicted octanol–water partition coefficient (Wildman–Crippen LogP) is 4.13. The third kappa shape index (κ3) is 1.95. The molecule has 0 radical (unpaired) electrons. The van der Waals surface area contributed by atoms with Gasteiger partial charge in [0.1, 0.15) is 0 Å². The van der Waals surface area contributed by atoms with Gasteiger partial charge in [0.25, 0.3) is 5.91 Å². The first kappa shape index (κ1) is 16.5. The van der Waals surface area contributed by atoms with E-state index in [1.165, 1.54) is 0 Å². The molecule has 2 bridgehead atoms. The molecule has 5 heteroatoms. The summed E-state index contributed by atoms with van der Waals surface area (Å²) < 4.78 is 6.62. The molecule has 23 heavy (non-hydrogen) atoms. The van der Waals surface area contributed by atoms with Gasteiger partial charge in [0.2, 0.25) is 0 Å². The van der Waals surface area contributed by atoms with Gasteiger partial charge in [-0.3, -0.25) is 9.59 Å². The Morgan fingerprint density at radius 1 is 1.17 bits per heavy atom. The summed E-state index contributed by atoms with van der Waals surface area (Å²) in [5.41, 5.74) is 0.547. The zero-order chi connectivity index (χ0) is 17.2. The number of hydrogen-bond acceptors (Lipinski definition) is 3. The van der Waals surface area contributed by atoms with Crippen molar-refractivity contribution in [1.82, 2.24) is 0 Å². The predicted molar refractivity (Wildman–Crippen MR) is 92.2 cm³/mol. The first-order chi connectivity index (χ1) is 10.5. The highest BCUT2D eigenvalue weighted by Crippen LogP contribution is 2.65. The fourth-order valence-electron chi connectivity index (χ4n) is 4.07. The fraction of sp³-hybridized carbons (Fsp3) is 0.556. The summed E-state index contributed by atoms with van der Waals surface area (Å²) in [7, 11) is 0. The lowest BCUT2D eigenvalue weighted by atomic mass is 9.66. The maximum Gasteiger partial charge on any atom is 0.313 e. The van der Waals surface area contributed by atoms with Gasteiger partial charge in [0, 0.05) is 15.6 Å². The van der Waals surface area contributed by atoms with E-state index in [2.05, 4.69) is 21.2 Å². The highest BCUT2D eigenvalue weighted by Gasteiger charge is 2.75. The summed E-state index contributed by atoms with van der Waals surface area (Å²) in [5, 5.41) is 3.02. The van der Waals surface area contributed by atoms with Crippen molar-refractivity contribution in [2.75, 3.05) is 5.32 Å². The van der Waals surface area contributed by atoms with E-state index in [0.29, 0.717) is 12.8 Å². The monoisotopic (exact) mass is 379 g/mol. The van der Waals surface area contributed by atoms with Gasteiger partial charge in [0.15, 0.2) is 5.60 Å². The van der Waals surface area contributed by atoms with Crippen LogP contribution in [0.3, 0.4) is 0 Å². The maximum absolute atomic E-state index is 13.1. The number of fused-ring (bicyclic) bond motifs is 2. The number of hydrogen-bond donors (Lipinski definition) is 1. The van der Waals surface area contributed by atoms with Gasteiger partial charge in [-0.1, -0.05) is 29.8 Å². The first-order valence-electron chi connectivity index (χ1n) is 7.87. The number of rotatable bonds is 2. The number of amides is 1. The van der Waals surface area contributed by atoms with E-state index in [4.69, 9.17) is 4.74 Å². The second kappa shape index (κ2) is 4.82. The zero-order valence-corrected chi connectivity index (χ0v) is 15.8. The molecule has 0 unspecified atom stereocenters. The SMILES string of the molecule is Cc1cc(Br)cc(C)c1NC(=O)[C@@]12CC[C@@](C)(C(=O)O1)C2(C)C. The van der Waals surface area contributed by atoms with Crippen LogP contribution in [0.1, 0.15) is 44.7 Å². The van der Waals surface area contributed by atoms with E-state index in [9.17, 15) is 9.59 Å². The Morgan fingerprint density at radius 3 is 2.17 bits per heavy atom. The van der Waals surface area contributed by atoms with Crippen molar-refractivity contribution in [3.05, 3.63) is 27.7 Å². The Labute approximate surface area is 145 Å². The number of carbonyl (C=O) groups excluding carboxylic acids is 2. The standard InChI is InChI=1S/C18H22BrNO3/c1-10-8-12(19)9-11(2)13(10)20-14(21)18-7-6-17(5,15(22)23-18)16(18,3)4/h8-9H,6-7H2,1-5H3,(H,20,21)/t17-,18+/m0/s1. The number of aryl methyl sites for hydroxylation is 2. The molecule has 1 saturated heterocycles. The molecular weight excluding hydrogens is 358 g/mol. The molecule has 1 N–H and O–H groups in total. The van der Waals surface area contributed by atoms with E-state index < -0.39 is 16.4 Å². The van der Waals surface area contributed by atoms with Crippen LogP contribution in [0.2, 0.25) is 0 Å². The Morgan fingerprint density at radius 2 is 1.74 bits per heavy atom. The van der Waals surface area contributed by atoms with Crippen LogP contribution in [-0.4, -0.2) is 17.5 Å². The van der Waals surface area contributed by atoms with Gasteiger partial charge in [-0.15, -0.1) is 0 Å². The number of nitrogens with one attached hydrogen (secondary N) is 1. The van der Waals surface area contributed by atoms with Crippen molar-refractivity contribution in [2.24, 2.45) is 10.8 Å². The zero-order valence-electron chi connectivity index (χ0n) is 14.2. The molecule has 1 aliphatic heterocycles. The van der Waals surface area contributed by atoms with Gasteiger partial charge in [-0.25, -0.2) is 0 Å². The minimum atomic E-state index is -1.08. The molecule has 2 fully saturated rings. The number of ether oxygens (including phenoxy) is 1. The highest BCUT2D eigenvalue weighted by atomic mass is 79.9. The van der Waals surface area contributed by atoms with Gasteiger partial charge in [-0.05, 0) is 56.9 Å². The molecule has 1 aromatic carbocycles. The first-order valence-corrected chi connectivity index (χ1v) is 8.66. The average Bonchev–Trinajstić information content (AvgIpc) is 2.73. The van der Waals surface area contributed by atoms with Crippen LogP contribution < -0.4 is 5.32 Å². The summed E-state index contributed by atoms with van der Waals surface area (Å²) in [6, 6.07) is 3.93. The molecule has 2 aliphatic rings. The smallest absolute Gasteiger partial charge is 0.313 e. The Hall–Kier alpha value is -1.36. The fourth-order valence-corrected chi connectivity index (χ4v) is 4.76. The van der Waals surface area contributed by atoms with Crippen molar-refractivity contribution in [3.8, 4) is 0 Å². The molecule has 1 aliphatic carbocycles. The average molecular weight is 380 g/mol. The third-order valence-electron chi connectivity index (χ3n) is 6.19. The third-order valence-corrected chi connectivity index (χ3v) is 6.64. The topological polar surface area (TPSA) is 55.4 Å². The van der Waals surface area contributed by atoms with Gasteiger partial charge in [-0.2, -0.15) is 0 Å². The minimum Gasteiger partial charge on any atom is -0.448 e. The lowest BCUT2D eigenvalue weighted by molar-refractivity contribution is -0.165. The Kier molecular flexibility index (Phi) is 3.46. The van der Waals surface area contributed by atoms with Crippen LogP contribution in [-0.2, 0) is 14.3 Å². The highest BCUT2D eigenvalue weighted by molar-refractivity contribution is 9.10.